The van der Waals surface area contributed by atoms with Gasteiger partial charge in [-0.05, 0) is 50.0 Å². The quantitative estimate of drug-likeness (QED) is 0.775. The zero-order chi connectivity index (χ0) is 11.0. The van der Waals surface area contributed by atoms with Crippen molar-refractivity contribution in [1.82, 2.24) is 4.98 Å². The zero-order valence-corrected chi connectivity index (χ0v) is 9.86. The Morgan fingerprint density at radius 3 is 2.94 bits per heavy atom. The highest BCUT2D eigenvalue weighted by molar-refractivity contribution is 5.14. The van der Waals surface area contributed by atoms with Crippen LogP contribution < -0.4 is 4.74 Å². The molecule has 0 amide bonds. The molecule has 2 saturated carbocycles. The molecule has 1 aromatic rings. The summed E-state index contributed by atoms with van der Waals surface area (Å²) in [5, 5.41) is 0. The molecule has 0 N–H and O–H groups in total. The predicted molar refractivity (Wildman–Crippen MR) is 63.4 cm³/mol. The van der Waals surface area contributed by atoms with Gasteiger partial charge in [0, 0.05) is 11.8 Å². The molecule has 16 heavy (non-hydrogen) atoms. The average Bonchev–Trinajstić information content (AvgIpc) is 2.88. The lowest BCUT2D eigenvalue weighted by molar-refractivity contribution is 0.189. The summed E-state index contributed by atoms with van der Waals surface area (Å²) in [6.45, 7) is 2.88. The molecule has 2 bridgehead atoms. The topological polar surface area (TPSA) is 22.1 Å². The molecule has 2 aliphatic rings. The summed E-state index contributed by atoms with van der Waals surface area (Å²) < 4.78 is 5.81. The molecular formula is C14H19NO. The Morgan fingerprint density at radius 1 is 1.31 bits per heavy atom. The number of aryl methyl sites for hydroxylation is 1. The van der Waals surface area contributed by atoms with Crippen LogP contribution in [0.5, 0.6) is 5.88 Å². The van der Waals surface area contributed by atoms with Gasteiger partial charge in [-0.3, -0.25) is 0 Å². The van der Waals surface area contributed by atoms with Gasteiger partial charge in [0.05, 0.1) is 6.61 Å². The van der Waals surface area contributed by atoms with E-state index in [-0.39, 0.29) is 0 Å². The fourth-order valence-electron chi connectivity index (χ4n) is 3.37. The number of ether oxygens (including phenoxy) is 1. The fourth-order valence-corrected chi connectivity index (χ4v) is 3.37. The van der Waals surface area contributed by atoms with Crippen molar-refractivity contribution < 1.29 is 4.74 Å². The summed E-state index contributed by atoms with van der Waals surface area (Å²) in [5.74, 6) is 3.53. The van der Waals surface area contributed by atoms with Gasteiger partial charge in [0.25, 0.3) is 0 Å². The first-order valence-electron chi connectivity index (χ1n) is 6.38. The maximum atomic E-state index is 5.81. The summed E-state index contributed by atoms with van der Waals surface area (Å²) in [6, 6.07) is 5.98. The summed E-state index contributed by atoms with van der Waals surface area (Å²) in [7, 11) is 0. The van der Waals surface area contributed by atoms with Gasteiger partial charge in [0.15, 0.2) is 0 Å². The summed E-state index contributed by atoms with van der Waals surface area (Å²) in [6.07, 6.45) is 5.73. The van der Waals surface area contributed by atoms with Crippen molar-refractivity contribution >= 4 is 0 Å². The Bertz CT molecular complexity index is 377. The third kappa shape index (κ3) is 1.93. The second kappa shape index (κ2) is 4.08. The van der Waals surface area contributed by atoms with E-state index in [1.807, 2.05) is 25.1 Å². The number of hydrogen-bond donors (Lipinski definition) is 0. The van der Waals surface area contributed by atoms with Crippen LogP contribution in [0.3, 0.4) is 0 Å². The molecule has 3 rings (SSSR count). The average molecular weight is 217 g/mol. The molecule has 3 unspecified atom stereocenters. The van der Waals surface area contributed by atoms with Gasteiger partial charge >= 0.3 is 0 Å². The number of rotatable bonds is 3. The standard InChI is InChI=1S/C14H19NO/c1-10-3-2-4-14(15-10)16-9-13-8-11-5-6-12(13)7-11/h2-4,11-13H,5-9H2,1H3. The number of nitrogens with zero attached hydrogens (tertiary/aromatic N) is 1. The van der Waals surface area contributed by atoms with Crippen molar-refractivity contribution in [1.29, 1.82) is 0 Å². The molecule has 2 heteroatoms. The van der Waals surface area contributed by atoms with Gasteiger partial charge in [-0.1, -0.05) is 12.5 Å². The van der Waals surface area contributed by atoms with Crippen molar-refractivity contribution in [2.75, 3.05) is 6.61 Å². The lowest BCUT2D eigenvalue weighted by Gasteiger charge is -2.21. The Balaban J connectivity index is 1.57. The number of pyridine rings is 1. The molecule has 0 radical (unpaired) electrons. The molecule has 2 fully saturated rings. The van der Waals surface area contributed by atoms with E-state index in [4.69, 9.17) is 4.74 Å². The van der Waals surface area contributed by atoms with E-state index in [0.29, 0.717) is 0 Å². The smallest absolute Gasteiger partial charge is 0.213 e. The van der Waals surface area contributed by atoms with Crippen LogP contribution in [0.2, 0.25) is 0 Å². The van der Waals surface area contributed by atoms with Crippen LogP contribution in [0.25, 0.3) is 0 Å². The van der Waals surface area contributed by atoms with Gasteiger partial charge in [0.2, 0.25) is 5.88 Å². The van der Waals surface area contributed by atoms with Crippen molar-refractivity contribution in [2.45, 2.75) is 32.6 Å². The van der Waals surface area contributed by atoms with Gasteiger partial charge in [-0.15, -0.1) is 0 Å². The molecule has 2 nitrogen and oxygen atoms in total. The number of aromatic nitrogens is 1. The lowest BCUT2D eigenvalue weighted by Crippen LogP contribution is -2.18. The zero-order valence-electron chi connectivity index (χ0n) is 9.86. The van der Waals surface area contributed by atoms with E-state index in [1.54, 1.807) is 0 Å². The third-order valence-corrected chi connectivity index (χ3v) is 4.19. The Morgan fingerprint density at radius 2 is 2.25 bits per heavy atom. The van der Waals surface area contributed by atoms with Crippen LogP contribution in [0.15, 0.2) is 18.2 Å². The SMILES string of the molecule is Cc1cccc(OCC2CC3CCC2C3)n1. The van der Waals surface area contributed by atoms with E-state index in [0.717, 1.165) is 35.9 Å². The molecule has 0 spiro atoms. The highest BCUT2D eigenvalue weighted by atomic mass is 16.5. The fraction of sp³-hybridized carbons (Fsp3) is 0.643. The maximum Gasteiger partial charge on any atom is 0.213 e. The highest BCUT2D eigenvalue weighted by Crippen LogP contribution is 2.48. The van der Waals surface area contributed by atoms with Crippen molar-refractivity contribution in [2.24, 2.45) is 17.8 Å². The molecule has 1 heterocycles. The Hall–Kier alpha value is -1.05. The minimum absolute atomic E-state index is 0.793. The second-order valence-corrected chi connectivity index (χ2v) is 5.36. The second-order valence-electron chi connectivity index (χ2n) is 5.36. The molecule has 3 atom stereocenters. The van der Waals surface area contributed by atoms with Crippen LogP contribution in [0, 0.1) is 24.7 Å². The van der Waals surface area contributed by atoms with Crippen molar-refractivity contribution in [3.05, 3.63) is 23.9 Å². The summed E-state index contributed by atoms with van der Waals surface area (Å²) in [4.78, 5) is 4.37. The van der Waals surface area contributed by atoms with E-state index in [9.17, 15) is 0 Å². The first kappa shape index (κ1) is 10.1. The molecule has 86 valence electrons. The minimum atomic E-state index is 0.793. The van der Waals surface area contributed by atoms with Gasteiger partial charge in [0.1, 0.15) is 0 Å². The van der Waals surface area contributed by atoms with Gasteiger partial charge in [-0.25, -0.2) is 4.98 Å². The molecule has 1 aromatic heterocycles. The van der Waals surface area contributed by atoms with E-state index >= 15 is 0 Å². The number of hydrogen-bond acceptors (Lipinski definition) is 2. The number of fused-ring (bicyclic) bond motifs is 2. The van der Waals surface area contributed by atoms with Gasteiger partial charge < -0.3 is 4.74 Å². The molecular weight excluding hydrogens is 198 g/mol. The van der Waals surface area contributed by atoms with E-state index in [1.165, 1.54) is 25.7 Å². The Kier molecular flexibility index (Phi) is 2.58. The third-order valence-electron chi connectivity index (χ3n) is 4.19. The minimum Gasteiger partial charge on any atom is -0.477 e. The van der Waals surface area contributed by atoms with Crippen LogP contribution in [0.4, 0.5) is 0 Å². The van der Waals surface area contributed by atoms with Crippen molar-refractivity contribution in [3.63, 3.8) is 0 Å². The lowest BCUT2D eigenvalue weighted by atomic mass is 9.90. The monoisotopic (exact) mass is 217 g/mol. The maximum absolute atomic E-state index is 5.81. The molecule has 0 aromatic carbocycles. The highest BCUT2D eigenvalue weighted by Gasteiger charge is 2.39. The first-order valence-corrected chi connectivity index (χ1v) is 6.38. The largest absolute Gasteiger partial charge is 0.477 e. The predicted octanol–water partition coefficient (Wildman–Crippen LogP) is 3.21. The summed E-state index contributed by atoms with van der Waals surface area (Å²) >= 11 is 0. The van der Waals surface area contributed by atoms with Crippen LogP contribution in [0.1, 0.15) is 31.4 Å². The first-order chi connectivity index (χ1) is 7.81. The molecule has 2 aliphatic carbocycles. The molecule has 0 aliphatic heterocycles. The van der Waals surface area contributed by atoms with E-state index in [2.05, 4.69) is 4.98 Å². The van der Waals surface area contributed by atoms with Crippen LogP contribution in [-0.2, 0) is 0 Å². The van der Waals surface area contributed by atoms with Gasteiger partial charge in [-0.2, -0.15) is 0 Å². The summed E-state index contributed by atoms with van der Waals surface area (Å²) in [5.41, 5.74) is 1.03. The molecule has 0 saturated heterocycles. The van der Waals surface area contributed by atoms with Crippen LogP contribution in [-0.4, -0.2) is 11.6 Å². The van der Waals surface area contributed by atoms with Crippen molar-refractivity contribution in [3.8, 4) is 5.88 Å². The Labute approximate surface area is 97.0 Å². The normalized spacial score (nSPS) is 31.9. The van der Waals surface area contributed by atoms with E-state index < -0.39 is 0 Å². The van der Waals surface area contributed by atoms with Crippen LogP contribution >= 0.6 is 0 Å².